The molecule has 0 saturated heterocycles. The fourth-order valence-electron chi connectivity index (χ4n) is 2.17. The maximum Gasteiger partial charge on any atom is 0.282 e. The van der Waals surface area contributed by atoms with Crippen LogP contribution in [0.15, 0.2) is 17.1 Å². The third-order valence-electron chi connectivity index (χ3n) is 3.22. The van der Waals surface area contributed by atoms with Crippen molar-refractivity contribution < 1.29 is 9.18 Å². The van der Waals surface area contributed by atoms with Gasteiger partial charge in [0.2, 0.25) is 0 Å². The van der Waals surface area contributed by atoms with Crippen LogP contribution in [0, 0.1) is 12.7 Å². The van der Waals surface area contributed by atoms with E-state index in [9.17, 15) is 9.18 Å². The van der Waals surface area contributed by atoms with E-state index in [4.69, 9.17) is 17.3 Å². The number of rotatable bonds is 2. The number of amides is 1. The number of aromatic nitrogens is 1. The van der Waals surface area contributed by atoms with Crippen molar-refractivity contribution in [1.29, 1.82) is 0 Å². The van der Waals surface area contributed by atoms with Gasteiger partial charge in [0.25, 0.3) is 5.91 Å². The Hall–Kier alpha value is -2.01. The number of hydrogen-bond acceptors (Lipinski definition) is 2. The van der Waals surface area contributed by atoms with Gasteiger partial charge in [0, 0.05) is 5.39 Å². The second kappa shape index (κ2) is 5.77. The van der Waals surface area contributed by atoms with E-state index in [0.717, 1.165) is 5.56 Å². The lowest BCUT2D eigenvalue weighted by Crippen LogP contribution is -2.11. The predicted molar refractivity (Wildman–Crippen MR) is 82.5 cm³/mol. The van der Waals surface area contributed by atoms with Crippen LogP contribution in [-0.4, -0.2) is 16.7 Å². The van der Waals surface area contributed by atoms with E-state index in [-0.39, 0.29) is 22.1 Å². The first-order chi connectivity index (χ1) is 9.85. The second-order valence-corrected chi connectivity index (χ2v) is 5.15. The highest BCUT2D eigenvalue weighted by Gasteiger charge is 2.19. The van der Waals surface area contributed by atoms with E-state index < -0.39 is 11.7 Å². The Kier molecular flexibility index (Phi) is 4.23. The van der Waals surface area contributed by atoms with Crippen LogP contribution in [0.4, 0.5) is 4.39 Å². The largest absolute Gasteiger partial charge is 0.387 e. The van der Waals surface area contributed by atoms with Gasteiger partial charge in [-0.1, -0.05) is 18.5 Å². The van der Waals surface area contributed by atoms with E-state index in [1.807, 2.05) is 13.0 Å². The van der Waals surface area contributed by atoms with Crippen LogP contribution in [0.2, 0.25) is 5.15 Å². The van der Waals surface area contributed by atoms with Gasteiger partial charge < -0.3 is 5.73 Å². The molecule has 1 aromatic carbocycles. The van der Waals surface area contributed by atoms with E-state index >= 15 is 0 Å². The van der Waals surface area contributed by atoms with E-state index in [0.29, 0.717) is 17.4 Å². The Morgan fingerprint density at radius 2 is 2.14 bits per heavy atom. The predicted octanol–water partition coefficient (Wildman–Crippen LogP) is 3.42. The lowest BCUT2D eigenvalue weighted by Gasteiger charge is -2.10. The molecule has 0 atom stereocenters. The van der Waals surface area contributed by atoms with Crippen molar-refractivity contribution in [1.82, 2.24) is 4.98 Å². The minimum Gasteiger partial charge on any atom is -0.387 e. The normalized spacial score (nSPS) is 12.0. The highest BCUT2D eigenvalue weighted by molar-refractivity contribution is 6.33. The van der Waals surface area contributed by atoms with Crippen LogP contribution in [0.25, 0.3) is 10.9 Å². The molecule has 6 heteroatoms. The summed E-state index contributed by atoms with van der Waals surface area (Å²) in [5.41, 5.74) is 7.10. The highest BCUT2D eigenvalue weighted by Crippen LogP contribution is 2.29. The van der Waals surface area contributed by atoms with E-state index in [1.54, 1.807) is 6.92 Å². The Morgan fingerprint density at radius 3 is 2.71 bits per heavy atom. The Balaban J connectivity index is 2.80. The number of aryl methyl sites for hydroxylation is 2. The Labute approximate surface area is 126 Å². The zero-order chi connectivity index (χ0) is 15.7. The summed E-state index contributed by atoms with van der Waals surface area (Å²) in [6, 6.07) is 3.24. The zero-order valence-electron chi connectivity index (χ0n) is 12.0. The molecule has 0 saturated carbocycles. The molecule has 0 bridgehead atoms. The van der Waals surface area contributed by atoms with Crippen LogP contribution < -0.4 is 5.73 Å². The van der Waals surface area contributed by atoms with Gasteiger partial charge in [-0.15, -0.1) is 0 Å². The number of aliphatic imine (C=N–C) groups is 1. The quantitative estimate of drug-likeness (QED) is 0.525. The average molecular weight is 308 g/mol. The standard InChI is InChI=1S/C15H15ClFN3O/c1-4-9-5-10-7(2)12(15(21)19-8(3)18)14(16)20-13(10)11(17)6-9/h5-6H,4H2,1-3H3,(H2,18,19,21). The molecule has 1 heterocycles. The molecule has 0 unspecified atom stereocenters. The maximum atomic E-state index is 14.1. The summed E-state index contributed by atoms with van der Waals surface area (Å²) < 4.78 is 14.1. The number of fused-ring (bicyclic) bond motifs is 1. The minimum absolute atomic E-state index is 0.0712. The number of benzene rings is 1. The van der Waals surface area contributed by atoms with Gasteiger partial charge in [0.15, 0.2) is 0 Å². The molecule has 110 valence electrons. The molecule has 4 nitrogen and oxygen atoms in total. The number of amidine groups is 1. The molecular weight excluding hydrogens is 293 g/mol. The van der Waals surface area contributed by atoms with Crippen molar-refractivity contribution in [3.63, 3.8) is 0 Å². The molecule has 1 aromatic heterocycles. The van der Waals surface area contributed by atoms with Gasteiger partial charge in [-0.2, -0.15) is 4.99 Å². The van der Waals surface area contributed by atoms with Gasteiger partial charge in [-0.25, -0.2) is 9.37 Å². The van der Waals surface area contributed by atoms with Crippen molar-refractivity contribution in [3.05, 3.63) is 39.8 Å². The van der Waals surface area contributed by atoms with Gasteiger partial charge in [-0.3, -0.25) is 4.79 Å². The molecule has 0 aliphatic rings. The molecule has 2 N–H and O–H groups in total. The van der Waals surface area contributed by atoms with Crippen LogP contribution in [0.5, 0.6) is 0 Å². The summed E-state index contributed by atoms with van der Waals surface area (Å²) in [5.74, 6) is -0.898. The van der Waals surface area contributed by atoms with Crippen LogP contribution in [0.3, 0.4) is 0 Å². The highest BCUT2D eigenvalue weighted by atomic mass is 35.5. The summed E-state index contributed by atoms with van der Waals surface area (Å²) in [7, 11) is 0. The number of pyridine rings is 1. The number of nitrogens with zero attached hydrogens (tertiary/aromatic N) is 2. The molecule has 21 heavy (non-hydrogen) atoms. The summed E-state index contributed by atoms with van der Waals surface area (Å²) in [5, 5.41) is 0.489. The topological polar surface area (TPSA) is 68.3 Å². The first-order valence-electron chi connectivity index (χ1n) is 6.48. The van der Waals surface area contributed by atoms with Crippen molar-refractivity contribution in [2.75, 3.05) is 0 Å². The van der Waals surface area contributed by atoms with Gasteiger partial charge in [-0.05, 0) is 43.5 Å². The van der Waals surface area contributed by atoms with Crippen LogP contribution in [0.1, 0.15) is 35.3 Å². The molecule has 1 amide bonds. The SMILES string of the molecule is CCc1cc(F)c2nc(Cl)c(C(=O)N=C(C)N)c(C)c2c1. The molecule has 0 spiro atoms. The monoisotopic (exact) mass is 307 g/mol. The third-order valence-corrected chi connectivity index (χ3v) is 3.49. The fourth-order valence-corrected chi connectivity index (χ4v) is 2.47. The lowest BCUT2D eigenvalue weighted by molar-refractivity contribution is 0.100. The van der Waals surface area contributed by atoms with E-state index in [2.05, 4.69) is 9.98 Å². The molecule has 2 aromatic rings. The first-order valence-corrected chi connectivity index (χ1v) is 6.86. The summed E-state index contributed by atoms with van der Waals surface area (Å²) in [6.45, 7) is 5.13. The Morgan fingerprint density at radius 1 is 1.48 bits per heavy atom. The van der Waals surface area contributed by atoms with Gasteiger partial charge >= 0.3 is 0 Å². The zero-order valence-corrected chi connectivity index (χ0v) is 12.8. The van der Waals surface area contributed by atoms with Crippen molar-refractivity contribution >= 4 is 34.2 Å². The van der Waals surface area contributed by atoms with Gasteiger partial charge in [0.1, 0.15) is 22.3 Å². The number of halogens is 2. The third kappa shape index (κ3) is 2.88. The van der Waals surface area contributed by atoms with Crippen molar-refractivity contribution in [2.24, 2.45) is 10.7 Å². The second-order valence-electron chi connectivity index (χ2n) is 4.79. The minimum atomic E-state index is -0.575. The number of carbonyl (C=O) groups excluding carboxylic acids is 1. The maximum absolute atomic E-state index is 14.1. The average Bonchev–Trinajstić information content (AvgIpc) is 2.39. The van der Waals surface area contributed by atoms with Gasteiger partial charge in [0.05, 0.1) is 5.56 Å². The number of nitrogens with two attached hydrogens (primary N) is 1. The number of carbonyl (C=O) groups is 1. The van der Waals surface area contributed by atoms with Crippen molar-refractivity contribution in [2.45, 2.75) is 27.2 Å². The molecule has 0 fully saturated rings. The molecule has 0 aliphatic carbocycles. The lowest BCUT2D eigenvalue weighted by atomic mass is 10.0. The molecule has 2 rings (SSSR count). The summed E-state index contributed by atoms with van der Waals surface area (Å²) >= 11 is 6.02. The smallest absolute Gasteiger partial charge is 0.282 e. The Bertz CT molecular complexity index is 767. The van der Waals surface area contributed by atoms with Crippen LogP contribution in [-0.2, 0) is 6.42 Å². The van der Waals surface area contributed by atoms with Crippen LogP contribution >= 0.6 is 11.6 Å². The van der Waals surface area contributed by atoms with Crippen molar-refractivity contribution in [3.8, 4) is 0 Å². The summed E-state index contributed by atoms with van der Waals surface area (Å²) in [6.07, 6.45) is 0.679. The first kappa shape index (κ1) is 15.4. The number of hydrogen-bond donors (Lipinski definition) is 1. The molecule has 0 aliphatic heterocycles. The fraction of sp³-hybridized carbons (Fsp3) is 0.267. The van der Waals surface area contributed by atoms with E-state index in [1.165, 1.54) is 13.0 Å². The molecule has 0 radical (unpaired) electrons. The summed E-state index contributed by atoms with van der Waals surface area (Å²) in [4.78, 5) is 19.8. The molecular formula is C15H15ClFN3O.